The van der Waals surface area contributed by atoms with Crippen molar-refractivity contribution in [3.63, 3.8) is 0 Å². The van der Waals surface area contributed by atoms with Crippen LogP contribution >= 0.6 is 11.6 Å². The largest absolute Gasteiger partial charge is 0.299 e. The van der Waals surface area contributed by atoms with Crippen molar-refractivity contribution in [1.82, 2.24) is 0 Å². The molecule has 0 N–H and O–H groups in total. The predicted molar refractivity (Wildman–Crippen MR) is 105 cm³/mol. The fourth-order valence-electron chi connectivity index (χ4n) is 7.12. The smallest absolute Gasteiger partial charge is 0.155 e. The van der Waals surface area contributed by atoms with E-state index < -0.39 is 11.6 Å². The summed E-state index contributed by atoms with van der Waals surface area (Å²) in [5, 5.41) is 0. The maximum atomic E-state index is 15.6. The number of rotatable bonds is 5. The van der Waals surface area contributed by atoms with Crippen LogP contribution in [0.3, 0.4) is 0 Å². The molecule has 150 valence electrons. The van der Waals surface area contributed by atoms with Crippen LogP contribution in [0.15, 0.2) is 11.6 Å². The highest BCUT2D eigenvalue weighted by atomic mass is 35.5. The van der Waals surface area contributed by atoms with Gasteiger partial charge in [-0.15, -0.1) is 11.6 Å². The molecule has 7 atom stereocenters. The molecule has 0 aromatic carbocycles. The lowest BCUT2D eigenvalue weighted by Crippen LogP contribution is -2.54. The van der Waals surface area contributed by atoms with Crippen molar-refractivity contribution in [3.8, 4) is 0 Å². The fourth-order valence-corrected chi connectivity index (χ4v) is 7.31. The zero-order valence-corrected chi connectivity index (χ0v) is 17.1. The Hall–Kier alpha value is -0.700. The normalized spacial score (nSPS) is 43.7. The molecule has 0 unspecified atom stereocenters. The molecule has 2 nitrogen and oxygen atoms in total. The molecule has 0 aromatic rings. The summed E-state index contributed by atoms with van der Waals surface area (Å²) < 4.78 is 15.6. The SMILES string of the molecule is C[C@]12C[C@H](F)[C@H]3[C@@H]([C@H](CCCCCCl)CC4=CC(=O)CC[C@@H]43)[C@@H]1CCC2=O. The number of ketones is 2. The first-order valence-electron chi connectivity index (χ1n) is 10.9. The fraction of sp³-hybridized carbons (Fsp3) is 0.826. The lowest BCUT2D eigenvalue weighted by molar-refractivity contribution is -0.138. The summed E-state index contributed by atoms with van der Waals surface area (Å²) in [6.45, 7) is 2.04. The average Bonchev–Trinajstić information content (AvgIpc) is 2.92. The van der Waals surface area contributed by atoms with Gasteiger partial charge in [0.05, 0.1) is 0 Å². The van der Waals surface area contributed by atoms with Crippen molar-refractivity contribution in [2.75, 3.05) is 5.88 Å². The Balaban J connectivity index is 1.65. The Labute approximate surface area is 167 Å². The molecule has 0 aliphatic heterocycles. The third kappa shape index (κ3) is 3.32. The second kappa shape index (κ2) is 7.61. The number of alkyl halides is 2. The molecule has 27 heavy (non-hydrogen) atoms. The van der Waals surface area contributed by atoms with Gasteiger partial charge in [0.15, 0.2) is 5.78 Å². The second-order valence-corrected chi connectivity index (χ2v) is 10.1. The molecule has 4 heteroatoms. The zero-order chi connectivity index (χ0) is 19.2. The van der Waals surface area contributed by atoms with E-state index in [-0.39, 0.29) is 23.4 Å². The van der Waals surface area contributed by atoms with Gasteiger partial charge in [0, 0.05) is 30.1 Å². The van der Waals surface area contributed by atoms with Crippen molar-refractivity contribution < 1.29 is 14.0 Å². The van der Waals surface area contributed by atoms with Crippen LogP contribution in [0, 0.1) is 35.0 Å². The van der Waals surface area contributed by atoms with Gasteiger partial charge in [-0.25, -0.2) is 4.39 Å². The molecular formula is C23H32ClFO2. The van der Waals surface area contributed by atoms with Gasteiger partial charge in [0.1, 0.15) is 12.0 Å². The minimum Gasteiger partial charge on any atom is -0.299 e. The van der Waals surface area contributed by atoms with E-state index in [2.05, 4.69) is 0 Å². The van der Waals surface area contributed by atoms with Gasteiger partial charge < -0.3 is 0 Å². The third-order valence-electron chi connectivity index (χ3n) is 8.32. The van der Waals surface area contributed by atoms with Crippen molar-refractivity contribution in [1.29, 1.82) is 0 Å². The van der Waals surface area contributed by atoms with Gasteiger partial charge in [0.25, 0.3) is 0 Å². The molecule has 3 saturated carbocycles. The summed E-state index contributed by atoms with van der Waals surface area (Å²) in [6.07, 6.45) is 9.52. The quantitative estimate of drug-likeness (QED) is 0.444. The van der Waals surface area contributed by atoms with E-state index in [1.807, 2.05) is 13.0 Å². The molecule has 0 amide bonds. The van der Waals surface area contributed by atoms with E-state index in [0.29, 0.717) is 42.9 Å². The number of allylic oxidation sites excluding steroid dienone is 1. The number of Topliss-reactive ketones (excluding diaryl/α,β-unsaturated/α-hetero) is 1. The molecule has 0 bridgehead atoms. The van der Waals surface area contributed by atoms with Crippen LogP contribution in [0.1, 0.15) is 71.1 Å². The molecule has 0 spiro atoms. The van der Waals surface area contributed by atoms with Crippen LogP contribution in [0.4, 0.5) is 4.39 Å². The maximum absolute atomic E-state index is 15.6. The Morgan fingerprint density at radius 1 is 1.15 bits per heavy atom. The van der Waals surface area contributed by atoms with Gasteiger partial charge in [-0.05, 0) is 68.3 Å². The average molecular weight is 395 g/mol. The number of carbonyl (C=O) groups excluding carboxylic acids is 2. The Morgan fingerprint density at radius 3 is 2.74 bits per heavy atom. The molecule has 0 heterocycles. The number of halogens is 2. The monoisotopic (exact) mass is 394 g/mol. The van der Waals surface area contributed by atoms with Crippen LogP contribution in [0.2, 0.25) is 0 Å². The molecule has 0 aromatic heterocycles. The van der Waals surface area contributed by atoms with Gasteiger partial charge in [-0.1, -0.05) is 25.3 Å². The summed E-state index contributed by atoms with van der Waals surface area (Å²) in [4.78, 5) is 24.7. The molecule has 4 aliphatic rings. The standard InChI is InChI=1S/C23H32ClFO2/c1-23-13-19(25)22-17-7-6-16(26)12-15(17)11-14(5-3-2-4-10-24)21(22)18(23)8-9-20(23)27/h12,14,17-19,21-22H,2-11,13H2,1H3/t14-,17+,18+,19+,21+,22+,23+/m1/s1. The summed E-state index contributed by atoms with van der Waals surface area (Å²) in [7, 11) is 0. The Morgan fingerprint density at radius 2 is 1.96 bits per heavy atom. The number of unbranched alkanes of at least 4 members (excludes halogenated alkanes) is 2. The molecule has 0 radical (unpaired) electrons. The van der Waals surface area contributed by atoms with Crippen molar-refractivity contribution in [3.05, 3.63) is 11.6 Å². The van der Waals surface area contributed by atoms with E-state index in [4.69, 9.17) is 11.6 Å². The summed E-state index contributed by atoms with van der Waals surface area (Å²) >= 11 is 5.83. The minimum atomic E-state index is -0.912. The molecule has 3 fully saturated rings. The van der Waals surface area contributed by atoms with E-state index in [9.17, 15) is 9.59 Å². The highest BCUT2D eigenvalue weighted by Crippen LogP contribution is 2.63. The third-order valence-corrected chi connectivity index (χ3v) is 8.59. The van der Waals surface area contributed by atoms with Crippen LogP contribution < -0.4 is 0 Å². The van der Waals surface area contributed by atoms with E-state index in [0.717, 1.165) is 44.9 Å². The lowest BCUT2D eigenvalue weighted by atomic mass is 9.48. The first-order valence-corrected chi connectivity index (χ1v) is 11.5. The molecule has 4 rings (SSSR count). The lowest BCUT2D eigenvalue weighted by Gasteiger charge is -2.56. The van der Waals surface area contributed by atoms with Crippen LogP contribution in [0.25, 0.3) is 0 Å². The minimum absolute atomic E-state index is 0.0140. The maximum Gasteiger partial charge on any atom is 0.155 e. The van der Waals surface area contributed by atoms with Crippen molar-refractivity contribution in [2.45, 2.75) is 77.3 Å². The van der Waals surface area contributed by atoms with Crippen LogP contribution in [0.5, 0.6) is 0 Å². The van der Waals surface area contributed by atoms with E-state index in [1.165, 1.54) is 5.57 Å². The summed E-state index contributed by atoms with van der Waals surface area (Å²) in [5.41, 5.74) is 0.756. The van der Waals surface area contributed by atoms with Crippen molar-refractivity contribution in [2.24, 2.45) is 35.0 Å². The molecule has 4 aliphatic carbocycles. The molecular weight excluding hydrogens is 363 g/mol. The molecule has 0 saturated heterocycles. The van der Waals surface area contributed by atoms with Crippen molar-refractivity contribution >= 4 is 23.2 Å². The van der Waals surface area contributed by atoms with E-state index in [1.54, 1.807) is 0 Å². The number of carbonyl (C=O) groups is 2. The topological polar surface area (TPSA) is 34.1 Å². The van der Waals surface area contributed by atoms with Crippen LogP contribution in [-0.2, 0) is 9.59 Å². The summed E-state index contributed by atoms with van der Waals surface area (Å²) in [6, 6.07) is 0. The van der Waals surface area contributed by atoms with Crippen LogP contribution in [-0.4, -0.2) is 23.6 Å². The summed E-state index contributed by atoms with van der Waals surface area (Å²) in [5.74, 6) is 2.48. The first-order chi connectivity index (χ1) is 13.0. The Bertz CT molecular complexity index is 644. The number of hydrogen-bond donors (Lipinski definition) is 0. The second-order valence-electron chi connectivity index (χ2n) is 9.69. The van der Waals surface area contributed by atoms with Gasteiger partial charge >= 0.3 is 0 Å². The van der Waals surface area contributed by atoms with Gasteiger partial charge in [-0.2, -0.15) is 0 Å². The van der Waals surface area contributed by atoms with Gasteiger partial charge in [0.2, 0.25) is 0 Å². The number of hydrogen-bond acceptors (Lipinski definition) is 2. The highest BCUT2D eigenvalue weighted by Gasteiger charge is 2.61. The van der Waals surface area contributed by atoms with Gasteiger partial charge in [-0.3, -0.25) is 9.59 Å². The zero-order valence-electron chi connectivity index (χ0n) is 16.4. The Kier molecular flexibility index (Phi) is 5.53. The predicted octanol–water partition coefficient (Wildman–Crippen LogP) is 5.67. The highest BCUT2D eigenvalue weighted by molar-refractivity contribution is 6.17. The van der Waals surface area contributed by atoms with E-state index >= 15 is 4.39 Å². The first kappa shape index (κ1) is 19.6. The number of fused-ring (bicyclic) bond motifs is 5.